The van der Waals surface area contributed by atoms with Crippen LogP contribution in [0.5, 0.6) is 5.75 Å². The number of methoxy groups -OCH3 is 2. The second-order valence-corrected chi connectivity index (χ2v) is 3.12. The molecule has 0 heterocycles. The predicted octanol–water partition coefficient (Wildman–Crippen LogP) is 2.13. The van der Waals surface area contributed by atoms with Crippen molar-refractivity contribution in [1.29, 1.82) is 0 Å². The van der Waals surface area contributed by atoms with Crippen LogP contribution in [-0.2, 0) is 9.47 Å². The fraction of sp³-hybridized carbons (Fsp3) is 0.455. The van der Waals surface area contributed by atoms with Crippen molar-refractivity contribution in [1.82, 2.24) is 0 Å². The van der Waals surface area contributed by atoms with Crippen LogP contribution in [0.2, 0.25) is 0 Å². The average molecular weight is 214 g/mol. The second-order valence-electron chi connectivity index (χ2n) is 3.12. The average Bonchev–Trinajstić information content (AvgIpc) is 2.24. The molecule has 0 aliphatic rings. The molecule has 0 saturated heterocycles. The van der Waals surface area contributed by atoms with Crippen molar-refractivity contribution in [2.75, 3.05) is 20.8 Å². The number of hydrogen-bond donors (Lipinski definition) is 0. The first-order valence-corrected chi connectivity index (χ1v) is 4.62. The van der Waals surface area contributed by atoms with Gasteiger partial charge in [-0.3, -0.25) is 0 Å². The smallest absolute Gasteiger partial charge is 0.191 e. The summed E-state index contributed by atoms with van der Waals surface area (Å²) in [6.07, 6.45) is -0.407. The van der Waals surface area contributed by atoms with E-state index in [4.69, 9.17) is 14.2 Å². The highest BCUT2D eigenvalue weighted by Crippen LogP contribution is 2.16. The van der Waals surface area contributed by atoms with Crippen LogP contribution in [0, 0.1) is 12.7 Å². The van der Waals surface area contributed by atoms with E-state index in [1.165, 1.54) is 20.3 Å². The summed E-state index contributed by atoms with van der Waals surface area (Å²) in [5.74, 6) is 0.366. The molecule has 0 radical (unpaired) electrons. The van der Waals surface area contributed by atoms with Crippen molar-refractivity contribution in [2.24, 2.45) is 0 Å². The number of benzene rings is 1. The standard InChI is InChI=1S/C11H15FO3/c1-8-6-9(4-5-10(8)12)15-7-11(13-2)14-3/h4-6,11H,7H2,1-3H3. The lowest BCUT2D eigenvalue weighted by atomic mass is 10.2. The van der Waals surface area contributed by atoms with Crippen LogP contribution in [0.25, 0.3) is 0 Å². The number of ether oxygens (including phenoxy) is 3. The van der Waals surface area contributed by atoms with Gasteiger partial charge in [0.1, 0.15) is 18.2 Å². The monoisotopic (exact) mass is 214 g/mol. The molecule has 0 fully saturated rings. The molecule has 0 bridgehead atoms. The number of rotatable bonds is 5. The zero-order valence-corrected chi connectivity index (χ0v) is 9.12. The summed E-state index contributed by atoms with van der Waals surface area (Å²) in [6.45, 7) is 1.96. The molecule has 0 spiro atoms. The van der Waals surface area contributed by atoms with E-state index < -0.39 is 6.29 Å². The fourth-order valence-corrected chi connectivity index (χ4v) is 1.10. The van der Waals surface area contributed by atoms with Gasteiger partial charge in [-0.15, -0.1) is 0 Å². The minimum absolute atomic E-state index is 0.239. The summed E-state index contributed by atoms with van der Waals surface area (Å²) in [7, 11) is 3.07. The third kappa shape index (κ3) is 3.49. The van der Waals surface area contributed by atoms with Gasteiger partial charge in [-0.25, -0.2) is 4.39 Å². The molecule has 0 atom stereocenters. The first-order valence-electron chi connectivity index (χ1n) is 4.62. The predicted molar refractivity (Wildman–Crippen MR) is 54.4 cm³/mol. The molecule has 3 nitrogen and oxygen atoms in total. The van der Waals surface area contributed by atoms with Gasteiger partial charge in [0, 0.05) is 14.2 Å². The Kier molecular flexibility index (Phi) is 4.52. The second kappa shape index (κ2) is 5.68. The Hall–Kier alpha value is -1.13. The molecule has 84 valence electrons. The van der Waals surface area contributed by atoms with E-state index in [1.54, 1.807) is 19.1 Å². The molecule has 1 rings (SSSR count). The van der Waals surface area contributed by atoms with Gasteiger partial charge >= 0.3 is 0 Å². The Bertz CT molecular complexity index is 311. The quantitative estimate of drug-likeness (QED) is 0.703. The minimum Gasteiger partial charge on any atom is -0.488 e. The highest BCUT2D eigenvalue weighted by molar-refractivity contribution is 5.28. The summed E-state index contributed by atoms with van der Waals surface area (Å²) < 4.78 is 28.2. The van der Waals surface area contributed by atoms with Gasteiger partial charge in [-0.1, -0.05) is 0 Å². The van der Waals surface area contributed by atoms with E-state index in [0.29, 0.717) is 11.3 Å². The van der Waals surface area contributed by atoms with Crippen molar-refractivity contribution in [3.63, 3.8) is 0 Å². The molecule has 0 N–H and O–H groups in total. The first-order chi connectivity index (χ1) is 7.17. The Morgan fingerprint density at radius 1 is 1.27 bits per heavy atom. The lowest BCUT2D eigenvalue weighted by Gasteiger charge is -2.14. The van der Waals surface area contributed by atoms with Crippen LogP contribution in [0.15, 0.2) is 18.2 Å². The van der Waals surface area contributed by atoms with Crippen LogP contribution in [0.4, 0.5) is 4.39 Å². The number of hydrogen-bond acceptors (Lipinski definition) is 3. The maximum Gasteiger partial charge on any atom is 0.191 e. The number of aryl methyl sites for hydroxylation is 1. The molecule has 0 unspecified atom stereocenters. The molecule has 0 aliphatic carbocycles. The molecule has 1 aromatic carbocycles. The van der Waals surface area contributed by atoms with Gasteiger partial charge in [0.05, 0.1) is 0 Å². The van der Waals surface area contributed by atoms with E-state index in [0.717, 1.165) is 0 Å². The van der Waals surface area contributed by atoms with Crippen LogP contribution in [0.1, 0.15) is 5.56 Å². The lowest BCUT2D eigenvalue weighted by molar-refractivity contribution is -0.121. The largest absolute Gasteiger partial charge is 0.488 e. The summed E-state index contributed by atoms with van der Waals surface area (Å²) in [4.78, 5) is 0. The van der Waals surface area contributed by atoms with Crippen molar-refractivity contribution in [2.45, 2.75) is 13.2 Å². The van der Waals surface area contributed by atoms with Gasteiger partial charge in [-0.2, -0.15) is 0 Å². The van der Waals surface area contributed by atoms with Gasteiger partial charge < -0.3 is 14.2 Å². The normalized spacial score (nSPS) is 10.7. The molecule has 4 heteroatoms. The maximum absolute atomic E-state index is 12.9. The van der Waals surface area contributed by atoms with Crippen LogP contribution in [0.3, 0.4) is 0 Å². The first kappa shape index (κ1) is 11.9. The van der Waals surface area contributed by atoms with Gasteiger partial charge in [-0.05, 0) is 30.7 Å². The van der Waals surface area contributed by atoms with E-state index in [9.17, 15) is 4.39 Å². The minimum atomic E-state index is -0.407. The van der Waals surface area contributed by atoms with E-state index in [-0.39, 0.29) is 12.4 Å². The lowest BCUT2D eigenvalue weighted by Crippen LogP contribution is -2.22. The molecule has 0 amide bonds. The van der Waals surface area contributed by atoms with Gasteiger partial charge in [0.2, 0.25) is 0 Å². The summed E-state index contributed by atoms with van der Waals surface area (Å²) in [6, 6.07) is 4.59. The van der Waals surface area contributed by atoms with Crippen molar-refractivity contribution >= 4 is 0 Å². The van der Waals surface area contributed by atoms with Gasteiger partial charge in [0.25, 0.3) is 0 Å². The zero-order chi connectivity index (χ0) is 11.3. The Labute approximate surface area is 88.8 Å². The summed E-state index contributed by atoms with van der Waals surface area (Å²) >= 11 is 0. The topological polar surface area (TPSA) is 27.7 Å². The highest BCUT2D eigenvalue weighted by atomic mass is 19.1. The van der Waals surface area contributed by atoms with E-state index in [2.05, 4.69) is 0 Å². The summed E-state index contributed by atoms with van der Waals surface area (Å²) in [5, 5.41) is 0. The third-order valence-corrected chi connectivity index (χ3v) is 2.04. The molecular formula is C11H15FO3. The van der Waals surface area contributed by atoms with Crippen molar-refractivity contribution in [3.8, 4) is 5.75 Å². The van der Waals surface area contributed by atoms with Gasteiger partial charge in [0.15, 0.2) is 6.29 Å². The Morgan fingerprint density at radius 2 is 1.93 bits per heavy atom. The molecule has 0 aromatic heterocycles. The summed E-state index contributed by atoms with van der Waals surface area (Å²) in [5.41, 5.74) is 0.555. The fourth-order valence-electron chi connectivity index (χ4n) is 1.10. The zero-order valence-electron chi connectivity index (χ0n) is 9.12. The Morgan fingerprint density at radius 3 is 2.47 bits per heavy atom. The van der Waals surface area contributed by atoms with Crippen molar-refractivity contribution in [3.05, 3.63) is 29.6 Å². The molecular weight excluding hydrogens is 199 g/mol. The molecule has 15 heavy (non-hydrogen) atoms. The molecule has 0 aliphatic heterocycles. The number of halogens is 1. The highest BCUT2D eigenvalue weighted by Gasteiger charge is 2.06. The van der Waals surface area contributed by atoms with Crippen molar-refractivity contribution < 1.29 is 18.6 Å². The molecule has 0 saturated carbocycles. The molecule has 1 aromatic rings. The SMILES string of the molecule is COC(COc1ccc(F)c(C)c1)OC. The van der Waals surface area contributed by atoms with E-state index in [1.807, 2.05) is 0 Å². The maximum atomic E-state index is 12.9. The third-order valence-electron chi connectivity index (χ3n) is 2.04. The van der Waals surface area contributed by atoms with Crippen LogP contribution < -0.4 is 4.74 Å². The Balaban J connectivity index is 2.54. The van der Waals surface area contributed by atoms with Crippen LogP contribution in [-0.4, -0.2) is 27.1 Å². The van der Waals surface area contributed by atoms with Crippen LogP contribution >= 0.6 is 0 Å². The van der Waals surface area contributed by atoms with E-state index >= 15 is 0 Å².